The summed E-state index contributed by atoms with van der Waals surface area (Å²) in [5.74, 6) is -0.423. The fourth-order valence-electron chi connectivity index (χ4n) is 3.14. The second-order valence-electron chi connectivity index (χ2n) is 7.72. The number of rotatable bonds is 16. The van der Waals surface area contributed by atoms with E-state index < -0.39 is 5.91 Å². The number of phenols is 1. The van der Waals surface area contributed by atoms with Crippen LogP contribution in [-0.2, 0) is 18.9 Å². The van der Waals surface area contributed by atoms with Crippen molar-refractivity contribution >= 4 is 28.4 Å². The number of ketones is 1. The summed E-state index contributed by atoms with van der Waals surface area (Å²) in [5.41, 5.74) is 1.76. The molecular formula is C25H31N3O8. The first-order valence-corrected chi connectivity index (χ1v) is 11.5. The lowest BCUT2D eigenvalue weighted by atomic mass is 10.2. The number of aromatic amines is 1. The summed E-state index contributed by atoms with van der Waals surface area (Å²) in [5, 5.41) is 13.5. The van der Waals surface area contributed by atoms with Gasteiger partial charge in [0.1, 0.15) is 12.3 Å². The van der Waals surface area contributed by atoms with Crippen molar-refractivity contribution in [2.75, 3.05) is 65.3 Å². The minimum atomic E-state index is -0.400. The Labute approximate surface area is 208 Å². The van der Waals surface area contributed by atoms with E-state index in [4.69, 9.17) is 23.7 Å². The van der Waals surface area contributed by atoms with E-state index in [1.54, 1.807) is 19.2 Å². The van der Waals surface area contributed by atoms with Crippen molar-refractivity contribution < 1.29 is 38.4 Å². The zero-order valence-electron chi connectivity index (χ0n) is 20.4. The van der Waals surface area contributed by atoms with E-state index in [9.17, 15) is 14.7 Å². The first kappa shape index (κ1) is 27.1. The van der Waals surface area contributed by atoms with Gasteiger partial charge in [-0.3, -0.25) is 9.59 Å². The molecule has 0 saturated carbocycles. The van der Waals surface area contributed by atoms with Crippen LogP contribution in [-0.4, -0.2) is 86.7 Å². The van der Waals surface area contributed by atoms with Gasteiger partial charge in [0, 0.05) is 25.0 Å². The van der Waals surface area contributed by atoms with Gasteiger partial charge in [0.05, 0.1) is 63.8 Å². The van der Waals surface area contributed by atoms with Gasteiger partial charge in [-0.05, 0) is 30.3 Å². The van der Waals surface area contributed by atoms with Crippen molar-refractivity contribution in [1.29, 1.82) is 0 Å². The number of amides is 1. The average molecular weight is 502 g/mol. The molecule has 3 N–H and O–H groups in total. The molecule has 3 rings (SSSR count). The van der Waals surface area contributed by atoms with Gasteiger partial charge in [-0.1, -0.05) is 0 Å². The van der Waals surface area contributed by atoms with E-state index in [1.165, 1.54) is 31.3 Å². The first-order valence-electron chi connectivity index (χ1n) is 11.5. The molecule has 3 aromatic rings. The van der Waals surface area contributed by atoms with Crippen LogP contribution in [0.1, 0.15) is 27.8 Å². The number of aromatic nitrogens is 2. The van der Waals surface area contributed by atoms with Crippen molar-refractivity contribution in [2.24, 2.45) is 0 Å². The lowest BCUT2D eigenvalue weighted by Gasteiger charge is -2.11. The number of carbonyl (C=O) groups is 2. The van der Waals surface area contributed by atoms with Gasteiger partial charge in [0.2, 0.25) is 0 Å². The zero-order chi connectivity index (χ0) is 25.8. The van der Waals surface area contributed by atoms with Crippen molar-refractivity contribution in [2.45, 2.75) is 6.92 Å². The summed E-state index contributed by atoms with van der Waals surface area (Å²) >= 11 is 0. The summed E-state index contributed by atoms with van der Waals surface area (Å²) < 4.78 is 26.6. The van der Waals surface area contributed by atoms with Gasteiger partial charge in [-0.25, -0.2) is 4.98 Å². The number of methoxy groups -OCH3 is 1. The number of aromatic hydroxyl groups is 1. The van der Waals surface area contributed by atoms with E-state index in [0.717, 1.165) is 0 Å². The number of nitrogens with zero attached hydrogens (tertiary/aromatic N) is 1. The second kappa shape index (κ2) is 14.1. The number of fused-ring (bicyclic) bond motifs is 1. The fraction of sp³-hybridized carbons (Fsp3) is 0.400. The number of hydrogen-bond acceptors (Lipinski definition) is 9. The van der Waals surface area contributed by atoms with Gasteiger partial charge in [0.15, 0.2) is 17.3 Å². The summed E-state index contributed by atoms with van der Waals surface area (Å²) in [6, 6.07) is 7.73. The number of phenolic OH excluding ortho intramolecular Hbond substituents is 1. The van der Waals surface area contributed by atoms with E-state index in [0.29, 0.717) is 67.6 Å². The van der Waals surface area contributed by atoms with Crippen LogP contribution in [0, 0.1) is 0 Å². The Balaban J connectivity index is 1.41. The van der Waals surface area contributed by atoms with Crippen molar-refractivity contribution in [3.05, 3.63) is 47.8 Å². The van der Waals surface area contributed by atoms with Crippen molar-refractivity contribution in [3.8, 4) is 11.5 Å². The molecular weight excluding hydrogens is 470 g/mol. The lowest BCUT2D eigenvalue weighted by molar-refractivity contribution is 0.0000838. The zero-order valence-corrected chi connectivity index (χ0v) is 20.4. The molecule has 0 atom stereocenters. The third-order valence-electron chi connectivity index (χ3n) is 4.99. The van der Waals surface area contributed by atoms with Gasteiger partial charge >= 0.3 is 0 Å². The molecule has 0 unspecified atom stereocenters. The Hall–Kier alpha value is -3.51. The Morgan fingerprint density at radius 2 is 1.61 bits per heavy atom. The number of H-pyrrole nitrogens is 1. The summed E-state index contributed by atoms with van der Waals surface area (Å²) in [4.78, 5) is 31.4. The molecule has 194 valence electrons. The molecule has 2 aromatic heterocycles. The van der Waals surface area contributed by atoms with Crippen LogP contribution in [0.3, 0.4) is 0 Å². The van der Waals surface area contributed by atoms with Gasteiger partial charge in [0.25, 0.3) is 5.91 Å². The smallest absolute Gasteiger partial charge is 0.255 e. The number of benzene rings is 1. The molecule has 1 aromatic carbocycles. The van der Waals surface area contributed by atoms with Crippen molar-refractivity contribution in [1.82, 2.24) is 9.97 Å². The fourth-order valence-corrected chi connectivity index (χ4v) is 3.14. The van der Waals surface area contributed by atoms with E-state index >= 15 is 0 Å². The maximum atomic E-state index is 12.7. The number of anilines is 1. The largest absolute Gasteiger partial charge is 0.504 e. The Morgan fingerprint density at radius 3 is 2.28 bits per heavy atom. The number of Topliss-reactive ketones (excluding diaryl/α,β-unsaturated/α-hetero) is 1. The molecule has 0 bridgehead atoms. The van der Waals surface area contributed by atoms with Gasteiger partial charge < -0.3 is 39.1 Å². The molecule has 36 heavy (non-hydrogen) atoms. The van der Waals surface area contributed by atoms with Crippen molar-refractivity contribution in [3.63, 3.8) is 0 Å². The highest BCUT2D eigenvalue weighted by molar-refractivity contribution is 6.05. The lowest BCUT2D eigenvalue weighted by Crippen LogP contribution is -2.14. The van der Waals surface area contributed by atoms with Crippen LogP contribution in [0.2, 0.25) is 0 Å². The SMILES string of the molecule is COCCOCCOCCOCCOc1cc(C(=O)Nc2cnc3[nH]c(C(C)=O)cc3c2)ccc1O. The molecule has 0 aliphatic rings. The standard InChI is InChI=1S/C25H31N3O8/c1-17(29)21-14-19-13-20(16-26-24(19)28-21)27-25(31)18-3-4-22(30)23(15-18)36-12-11-35-10-9-34-8-7-33-6-5-32-2/h3-4,13-16,30H,5-12H2,1-2H3,(H,26,28)(H,27,31). The molecule has 1 amide bonds. The topological polar surface area (TPSA) is 141 Å². The molecule has 2 heterocycles. The van der Waals surface area contributed by atoms with Crippen LogP contribution in [0.25, 0.3) is 11.0 Å². The Morgan fingerprint density at radius 1 is 0.944 bits per heavy atom. The molecule has 11 nitrogen and oxygen atoms in total. The number of hydrogen-bond donors (Lipinski definition) is 3. The second-order valence-corrected chi connectivity index (χ2v) is 7.72. The average Bonchev–Trinajstić information content (AvgIpc) is 3.29. The number of pyridine rings is 1. The van der Waals surface area contributed by atoms with E-state index in [2.05, 4.69) is 15.3 Å². The van der Waals surface area contributed by atoms with Crippen LogP contribution in [0.4, 0.5) is 5.69 Å². The third-order valence-corrected chi connectivity index (χ3v) is 4.99. The predicted molar refractivity (Wildman–Crippen MR) is 132 cm³/mol. The van der Waals surface area contributed by atoms with Gasteiger partial charge in [-0.15, -0.1) is 0 Å². The molecule has 0 fully saturated rings. The van der Waals surface area contributed by atoms with E-state index in [1.807, 2.05) is 0 Å². The minimum absolute atomic E-state index is 0.0875. The highest BCUT2D eigenvalue weighted by atomic mass is 16.6. The first-order chi connectivity index (χ1) is 17.5. The highest BCUT2D eigenvalue weighted by Gasteiger charge is 2.12. The molecule has 11 heteroatoms. The summed E-state index contributed by atoms with van der Waals surface area (Å²) in [6.07, 6.45) is 1.49. The third kappa shape index (κ3) is 8.31. The monoisotopic (exact) mass is 501 g/mol. The predicted octanol–water partition coefficient (Wildman–Crippen LogP) is 2.80. The Kier molecular flexibility index (Phi) is 10.6. The van der Waals surface area contributed by atoms with Gasteiger partial charge in [-0.2, -0.15) is 0 Å². The van der Waals surface area contributed by atoms with Crippen LogP contribution >= 0.6 is 0 Å². The normalized spacial score (nSPS) is 11.1. The molecule has 0 spiro atoms. The van der Waals surface area contributed by atoms with Crippen LogP contribution < -0.4 is 10.1 Å². The van der Waals surface area contributed by atoms with Crippen LogP contribution in [0.5, 0.6) is 11.5 Å². The van der Waals surface area contributed by atoms with E-state index in [-0.39, 0.29) is 30.5 Å². The number of ether oxygens (including phenoxy) is 5. The molecule has 0 aliphatic heterocycles. The number of carbonyl (C=O) groups excluding carboxylic acids is 2. The number of nitrogens with one attached hydrogen (secondary N) is 2. The summed E-state index contributed by atoms with van der Waals surface area (Å²) in [6.45, 7) is 4.80. The highest BCUT2D eigenvalue weighted by Crippen LogP contribution is 2.27. The maximum Gasteiger partial charge on any atom is 0.255 e. The Bertz CT molecular complexity index is 1150. The quantitative estimate of drug-likeness (QED) is 0.200. The molecule has 0 saturated heterocycles. The molecule has 0 radical (unpaired) electrons. The summed E-state index contributed by atoms with van der Waals surface area (Å²) in [7, 11) is 1.62. The molecule has 0 aliphatic carbocycles. The van der Waals surface area contributed by atoms with Crippen LogP contribution in [0.15, 0.2) is 36.5 Å². The maximum absolute atomic E-state index is 12.7. The minimum Gasteiger partial charge on any atom is -0.504 e.